The largest absolute Gasteiger partial charge is 0.344 e. The van der Waals surface area contributed by atoms with Gasteiger partial charge in [0.2, 0.25) is 0 Å². The van der Waals surface area contributed by atoms with E-state index in [-0.39, 0.29) is 11.7 Å². The molecule has 0 fully saturated rings. The van der Waals surface area contributed by atoms with E-state index in [1.54, 1.807) is 0 Å². The molecule has 2 aromatic heterocycles. The number of aromatic nitrogens is 5. The van der Waals surface area contributed by atoms with Gasteiger partial charge in [0.1, 0.15) is 0 Å². The van der Waals surface area contributed by atoms with Gasteiger partial charge in [0, 0.05) is 5.69 Å². The molecule has 0 aromatic carbocycles. The van der Waals surface area contributed by atoms with Crippen LogP contribution in [0.2, 0.25) is 0 Å². The third kappa shape index (κ3) is 2.38. The van der Waals surface area contributed by atoms with Crippen LogP contribution in [0.4, 0.5) is 0 Å². The zero-order valence-corrected chi connectivity index (χ0v) is 8.64. The summed E-state index contributed by atoms with van der Waals surface area (Å²) in [5, 5.41) is 15.3. The molecule has 2 aromatic rings. The lowest BCUT2D eigenvalue weighted by Crippen LogP contribution is -2.24. The number of nitrogens with one attached hydrogen (secondary N) is 2. The quantitative estimate of drug-likeness (QED) is 0.745. The number of hydrogen-bond donors (Lipinski definition) is 2. The number of carbonyl (C=O) groups excluding carboxylic acids is 1. The molecule has 0 spiro atoms. The van der Waals surface area contributed by atoms with Crippen molar-refractivity contribution in [2.75, 3.05) is 0 Å². The first-order valence-corrected chi connectivity index (χ1v) is 4.70. The number of pyridine rings is 1. The average molecular weight is 218 g/mol. The first-order valence-electron chi connectivity index (χ1n) is 4.70. The van der Waals surface area contributed by atoms with E-state index in [0.717, 1.165) is 11.4 Å². The first-order chi connectivity index (χ1) is 7.75. The van der Waals surface area contributed by atoms with Gasteiger partial charge in [-0.1, -0.05) is 6.07 Å². The molecule has 2 rings (SSSR count). The van der Waals surface area contributed by atoms with E-state index in [4.69, 9.17) is 0 Å². The molecule has 0 radical (unpaired) electrons. The number of tetrazole rings is 1. The minimum absolute atomic E-state index is 0.0210. The number of aromatic amines is 1. The molecule has 16 heavy (non-hydrogen) atoms. The lowest BCUT2D eigenvalue weighted by molar-refractivity contribution is 0.0940. The molecule has 0 aliphatic rings. The summed E-state index contributed by atoms with van der Waals surface area (Å²) in [7, 11) is 0. The Morgan fingerprint density at radius 1 is 1.50 bits per heavy atom. The Kier molecular flexibility index (Phi) is 2.86. The predicted molar refractivity (Wildman–Crippen MR) is 54.3 cm³/mol. The first kappa shape index (κ1) is 10.2. The Balaban J connectivity index is 1.95. The fourth-order valence-electron chi connectivity index (χ4n) is 1.21. The topological polar surface area (TPSA) is 96.5 Å². The van der Waals surface area contributed by atoms with Crippen molar-refractivity contribution in [3.63, 3.8) is 0 Å². The lowest BCUT2D eigenvalue weighted by Gasteiger charge is -2.02. The predicted octanol–water partition coefficient (Wildman–Crippen LogP) is -0.167. The van der Waals surface area contributed by atoms with Crippen LogP contribution in [0.3, 0.4) is 0 Å². The molecular formula is C9H10N6O. The molecule has 0 unspecified atom stereocenters. The van der Waals surface area contributed by atoms with Gasteiger partial charge in [-0.25, -0.2) is 0 Å². The molecule has 0 aliphatic carbocycles. The van der Waals surface area contributed by atoms with E-state index in [1.165, 1.54) is 0 Å². The van der Waals surface area contributed by atoms with E-state index < -0.39 is 0 Å². The van der Waals surface area contributed by atoms with E-state index in [1.807, 2.05) is 25.1 Å². The molecule has 2 N–H and O–H groups in total. The Labute approximate surface area is 91.3 Å². The molecule has 0 saturated heterocycles. The smallest absolute Gasteiger partial charge is 0.293 e. The maximum atomic E-state index is 11.4. The number of amides is 1. The van der Waals surface area contributed by atoms with Crippen molar-refractivity contribution in [2.24, 2.45) is 0 Å². The number of hydrogen-bond acceptors (Lipinski definition) is 5. The second-order valence-electron chi connectivity index (χ2n) is 3.19. The Hall–Kier alpha value is -2.31. The molecule has 82 valence electrons. The number of aryl methyl sites for hydroxylation is 1. The van der Waals surface area contributed by atoms with Crippen LogP contribution in [0.25, 0.3) is 0 Å². The summed E-state index contributed by atoms with van der Waals surface area (Å²) in [5.41, 5.74) is 1.70. The highest BCUT2D eigenvalue weighted by Gasteiger charge is 2.09. The number of nitrogens with zero attached hydrogens (tertiary/aromatic N) is 4. The molecular weight excluding hydrogens is 208 g/mol. The zero-order valence-electron chi connectivity index (χ0n) is 8.64. The summed E-state index contributed by atoms with van der Waals surface area (Å²) in [6.07, 6.45) is 0. The van der Waals surface area contributed by atoms with Gasteiger partial charge in [-0.2, -0.15) is 5.21 Å². The minimum Gasteiger partial charge on any atom is -0.344 e. The van der Waals surface area contributed by atoms with Crippen molar-refractivity contribution in [2.45, 2.75) is 13.5 Å². The third-order valence-corrected chi connectivity index (χ3v) is 1.92. The fraction of sp³-hybridized carbons (Fsp3) is 0.222. The standard InChI is InChI=1S/C9H10N6O/c1-6-3-2-4-7(11-6)5-10-9(16)8-12-14-15-13-8/h2-4H,5H2,1H3,(H,10,16)(H,12,13,14,15). The normalized spacial score (nSPS) is 10.1. The molecule has 0 atom stereocenters. The van der Waals surface area contributed by atoms with Crippen molar-refractivity contribution in [3.05, 3.63) is 35.4 Å². The fourth-order valence-corrected chi connectivity index (χ4v) is 1.21. The van der Waals surface area contributed by atoms with Crippen LogP contribution < -0.4 is 5.32 Å². The molecule has 0 saturated carbocycles. The van der Waals surface area contributed by atoms with Crippen LogP contribution in [0.1, 0.15) is 22.0 Å². The minimum atomic E-state index is -0.378. The van der Waals surface area contributed by atoms with Crippen molar-refractivity contribution < 1.29 is 4.79 Å². The van der Waals surface area contributed by atoms with Crippen molar-refractivity contribution in [1.29, 1.82) is 0 Å². The summed E-state index contributed by atoms with van der Waals surface area (Å²) in [6, 6.07) is 5.62. The van der Waals surface area contributed by atoms with Crippen LogP contribution in [0, 0.1) is 6.92 Å². The summed E-state index contributed by atoms with van der Waals surface area (Å²) in [6.45, 7) is 2.24. The van der Waals surface area contributed by atoms with Crippen molar-refractivity contribution in [3.8, 4) is 0 Å². The van der Waals surface area contributed by atoms with Crippen LogP contribution in [-0.2, 0) is 6.54 Å². The highest BCUT2D eigenvalue weighted by molar-refractivity contribution is 5.89. The van der Waals surface area contributed by atoms with Crippen molar-refractivity contribution in [1.82, 2.24) is 30.9 Å². The van der Waals surface area contributed by atoms with Gasteiger partial charge in [-0.15, -0.1) is 10.2 Å². The zero-order chi connectivity index (χ0) is 11.4. The third-order valence-electron chi connectivity index (χ3n) is 1.92. The molecule has 1 amide bonds. The van der Waals surface area contributed by atoms with Gasteiger partial charge < -0.3 is 5.32 Å². The second kappa shape index (κ2) is 4.47. The van der Waals surface area contributed by atoms with E-state index >= 15 is 0 Å². The molecule has 7 heteroatoms. The summed E-state index contributed by atoms with van der Waals surface area (Å²) >= 11 is 0. The van der Waals surface area contributed by atoms with Gasteiger partial charge >= 0.3 is 0 Å². The second-order valence-corrected chi connectivity index (χ2v) is 3.19. The monoisotopic (exact) mass is 218 g/mol. The molecule has 0 bridgehead atoms. The average Bonchev–Trinajstić information content (AvgIpc) is 2.79. The summed E-state index contributed by atoms with van der Waals surface area (Å²) < 4.78 is 0. The highest BCUT2D eigenvalue weighted by atomic mass is 16.2. The Morgan fingerprint density at radius 3 is 3.06 bits per heavy atom. The SMILES string of the molecule is Cc1cccc(CNC(=O)c2nn[nH]n2)n1. The van der Waals surface area contributed by atoms with Gasteiger partial charge in [0.05, 0.1) is 12.2 Å². The van der Waals surface area contributed by atoms with Crippen LogP contribution in [-0.4, -0.2) is 31.5 Å². The maximum absolute atomic E-state index is 11.4. The van der Waals surface area contributed by atoms with Crippen LogP contribution >= 0.6 is 0 Å². The molecule has 0 aliphatic heterocycles. The van der Waals surface area contributed by atoms with Gasteiger partial charge in [-0.3, -0.25) is 9.78 Å². The van der Waals surface area contributed by atoms with Crippen LogP contribution in [0.15, 0.2) is 18.2 Å². The van der Waals surface area contributed by atoms with Gasteiger partial charge in [-0.05, 0) is 24.3 Å². The molecule has 7 nitrogen and oxygen atoms in total. The van der Waals surface area contributed by atoms with E-state index in [0.29, 0.717) is 6.54 Å². The van der Waals surface area contributed by atoms with Crippen molar-refractivity contribution >= 4 is 5.91 Å². The summed E-state index contributed by atoms with van der Waals surface area (Å²) in [4.78, 5) is 15.7. The number of carbonyl (C=O) groups is 1. The summed E-state index contributed by atoms with van der Waals surface area (Å²) in [5.74, 6) is -0.357. The maximum Gasteiger partial charge on any atom is 0.293 e. The van der Waals surface area contributed by atoms with E-state index in [2.05, 4.69) is 30.9 Å². The Bertz CT molecular complexity index is 481. The van der Waals surface area contributed by atoms with Gasteiger partial charge in [0.15, 0.2) is 0 Å². The van der Waals surface area contributed by atoms with Crippen LogP contribution in [0.5, 0.6) is 0 Å². The number of H-pyrrole nitrogens is 1. The van der Waals surface area contributed by atoms with Gasteiger partial charge in [0.25, 0.3) is 11.7 Å². The number of rotatable bonds is 3. The lowest BCUT2D eigenvalue weighted by atomic mass is 10.3. The molecule has 2 heterocycles. The Morgan fingerprint density at radius 2 is 2.38 bits per heavy atom. The van der Waals surface area contributed by atoms with E-state index in [9.17, 15) is 4.79 Å². The highest BCUT2D eigenvalue weighted by Crippen LogP contribution is 1.97.